The van der Waals surface area contributed by atoms with Crippen LogP contribution in [0.5, 0.6) is 5.75 Å². The van der Waals surface area contributed by atoms with Gasteiger partial charge in [0.25, 0.3) is 0 Å². The SMILES string of the molecule is CC(N)C(Oc1cccc(Br)c1)c1ccc(Br)cc1. The lowest BCUT2D eigenvalue weighted by Crippen LogP contribution is -2.29. The summed E-state index contributed by atoms with van der Waals surface area (Å²) >= 11 is 6.87. The van der Waals surface area contributed by atoms with Crippen LogP contribution in [0, 0.1) is 0 Å². The first-order valence-electron chi connectivity index (χ1n) is 5.99. The Hall–Kier alpha value is -0.840. The number of rotatable bonds is 4. The van der Waals surface area contributed by atoms with Crippen molar-refractivity contribution in [1.82, 2.24) is 0 Å². The third-order valence-corrected chi connectivity index (χ3v) is 3.76. The van der Waals surface area contributed by atoms with Crippen LogP contribution in [0.1, 0.15) is 18.6 Å². The average Bonchev–Trinajstić information content (AvgIpc) is 2.37. The fraction of sp³-hybridized carbons (Fsp3) is 0.200. The lowest BCUT2D eigenvalue weighted by Gasteiger charge is -2.23. The second-order valence-electron chi connectivity index (χ2n) is 4.41. The molecule has 2 unspecified atom stereocenters. The molecule has 0 spiro atoms. The molecule has 2 rings (SSSR count). The highest BCUT2D eigenvalue weighted by atomic mass is 79.9. The third-order valence-electron chi connectivity index (χ3n) is 2.74. The van der Waals surface area contributed by atoms with Gasteiger partial charge in [-0.05, 0) is 42.8 Å². The lowest BCUT2D eigenvalue weighted by atomic mass is 10.0. The lowest BCUT2D eigenvalue weighted by molar-refractivity contribution is 0.180. The summed E-state index contributed by atoms with van der Waals surface area (Å²) in [5.41, 5.74) is 7.11. The molecule has 0 saturated carbocycles. The number of ether oxygens (including phenoxy) is 1. The van der Waals surface area contributed by atoms with Gasteiger partial charge in [-0.3, -0.25) is 0 Å². The predicted molar refractivity (Wildman–Crippen MR) is 85.3 cm³/mol. The van der Waals surface area contributed by atoms with Crippen LogP contribution in [0.25, 0.3) is 0 Å². The van der Waals surface area contributed by atoms with Crippen molar-refractivity contribution in [2.45, 2.75) is 19.1 Å². The monoisotopic (exact) mass is 383 g/mol. The van der Waals surface area contributed by atoms with Crippen molar-refractivity contribution in [3.8, 4) is 5.75 Å². The summed E-state index contributed by atoms with van der Waals surface area (Å²) in [5.74, 6) is 0.805. The minimum absolute atomic E-state index is 0.0971. The first-order chi connectivity index (χ1) is 9.06. The van der Waals surface area contributed by atoms with Crippen LogP contribution < -0.4 is 10.5 Å². The zero-order chi connectivity index (χ0) is 13.8. The molecule has 2 aromatic carbocycles. The fourth-order valence-electron chi connectivity index (χ4n) is 1.82. The number of nitrogens with two attached hydrogens (primary N) is 1. The molecule has 2 aromatic rings. The van der Waals surface area contributed by atoms with E-state index in [9.17, 15) is 0 Å². The van der Waals surface area contributed by atoms with E-state index in [0.717, 1.165) is 20.3 Å². The number of benzene rings is 2. The van der Waals surface area contributed by atoms with Gasteiger partial charge in [-0.2, -0.15) is 0 Å². The van der Waals surface area contributed by atoms with Gasteiger partial charge in [-0.25, -0.2) is 0 Å². The highest BCUT2D eigenvalue weighted by Gasteiger charge is 2.18. The molecule has 0 heterocycles. The van der Waals surface area contributed by atoms with Crippen LogP contribution >= 0.6 is 31.9 Å². The Morgan fingerprint density at radius 3 is 2.26 bits per heavy atom. The molecular formula is C15H15Br2NO. The van der Waals surface area contributed by atoms with Crippen molar-refractivity contribution >= 4 is 31.9 Å². The fourth-order valence-corrected chi connectivity index (χ4v) is 2.46. The molecular weight excluding hydrogens is 370 g/mol. The standard InChI is InChI=1S/C15H15Br2NO/c1-10(18)15(11-5-7-12(16)8-6-11)19-14-4-2-3-13(17)9-14/h2-10,15H,18H2,1H3. The van der Waals surface area contributed by atoms with Gasteiger partial charge in [-0.15, -0.1) is 0 Å². The van der Waals surface area contributed by atoms with E-state index in [-0.39, 0.29) is 12.1 Å². The van der Waals surface area contributed by atoms with Crippen molar-refractivity contribution in [2.24, 2.45) is 5.73 Å². The van der Waals surface area contributed by atoms with Crippen LogP contribution in [0.15, 0.2) is 57.5 Å². The Morgan fingerprint density at radius 1 is 1.00 bits per heavy atom. The largest absolute Gasteiger partial charge is 0.484 e. The van der Waals surface area contributed by atoms with E-state index in [1.54, 1.807) is 0 Å². The summed E-state index contributed by atoms with van der Waals surface area (Å²) in [6.07, 6.45) is -0.164. The molecule has 19 heavy (non-hydrogen) atoms. The van der Waals surface area contributed by atoms with Crippen molar-refractivity contribution < 1.29 is 4.74 Å². The van der Waals surface area contributed by atoms with Crippen LogP contribution in [0.4, 0.5) is 0 Å². The summed E-state index contributed by atoms with van der Waals surface area (Å²) in [6, 6.07) is 15.7. The number of hydrogen-bond donors (Lipinski definition) is 1. The maximum Gasteiger partial charge on any atom is 0.138 e. The Morgan fingerprint density at radius 2 is 1.68 bits per heavy atom. The molecule has 0 aliphatic heterocycles. The normalized spacial score (nSPS) is 13.9. The van der Waals surface area contributed by atoms with Crippen molar-refractivity contribution in [2.75, 3.05) is 0 Å². The van der Waals surface area contributed by atoms with Gasteiger partial charge >= 0.3 is 0 Å². The van der Waals surface area contributed by atoms with Crippen LogP contribution in [-0.2, 0) is 0 Å². The van der Waals surface area contributed by atoms with Crippen LogP contribution in [0.2, 0.25) is 0 Å². The van der Waals surface area contributed by atoms with Gasteiger partial charge in [0.1, 0.15) is 11.9 Å². The highest BCUT2D eigenvalue weighted by Crippen LogP contribution is 2.27. The van der Waals surface area contributed by atoms with Gasteiger partial charge < -0.3 is 10.5 Å². The van der Waals surface area contributed by atoms with Crippen molar-refractivity contribution in [3.63, 3.8) is 0 Å². The molecule has 100 valence electrons. The van der Waals surface area contributed by atoms with Gasteiger partial charge in [0.05, 0.1) is 0 Å². The van der Waals surface area contributed by atoms with E-state index in [0.29, 0.717) is 0 Å². The molecule has 2 atom stereocenters. The molecule has 0 aliphatic carbocycles. The first kappa shape index (κ1) is 14.6. The second kappa shape index (κ2) is 6.55. The van der Waals surface area contributed by atoms with E-state index >= 15 is 0 Å². The summed E-state index contributed by atoms with van der Waals surface area (Å²) in [6.45, 7) is 1.95. The molecule has 0 amide bonds. The van der Waals surface area contributed by atoms with E-state index in [1.807, 2.05) is 55.5 Å². The molecule has 0 radical (unpaired) electrons. The van der Waals surface area contributed by atoms with Gasteiger partial charge in [-0.1, -0.05) is 50.1 Å². The molecule has 2 nitrogen and oxygen atoms in total. The Bertz CT molecular complexity index is 540. The van der Waals surface area contributed by atoms with E-state index in [2.05, 4.69) is 31.9 Å². The van der Waals surface area contributed by atoms with Gasteiger partial charge in [0.15, 0.2) is 0 Å². The summed E-state index contributed by atoms with van der Waals surface area (Å²) < 4.78 is 8.05. The highest BCUT2D eigenvalue weighted by molar-refractivity contribution is 9.10. The number of hydrogen-bond acceptors (Lipinski definition) is 2. The van der Waals surface area contributed by atoms with Crippen molar-refractivity contribution in [1.29, 1.82) is 0 Å². The maximum atomic E-state index is 6.04. The van der Waals surface area contributed by atoms with E-state index in [1.165, 1.54) is 0 Å². The molecule has 0 aromatic heterocycles. The quantitative estimate of drug-likeness (QED) is 0.830. The first-order valence-corrected chi connectivity index (χ1v) is 7.58. The van der Waals surface area contributed by atoms with Gasteiger partial charge in [0.2, 0.25) is 0 Å². The van der Waals surface area contributed by atoms with Gasteiger partial charge in [0, 0.05) is 15.0 Å². The zero-order valence-corrected chi connectivity index (χ0v) is 13.7. The van der Waals surface area contributed by atoms with Crippen LogP contribution in [0.3, 0.4) is 0 Å². The Labute approximate surface area is 130 Å². The molecule has 0 aliphatic rings. The van der Waals surface area contributed by atoms with E-state index in [4.69, 9.17) is 10.5 Å². The molecule has 0 saturated heterocycles. The topological polar surface area (TPSA) is 35.2 Å². The molecule has 0 bridgehead atoms. The Kier molecular flexibility index (Phi) is 5.02. The van der Waals surface area contributed by atoms with Crippen LogP contribution in [-0.4, -0.2) is 6.04 Å². The predicted octanol–water partition coefficient (Wildman–Crippen LogP) is 4.68. The smallest absolute Gasteiger partial charge is 0.138 e. The number of halogens is 2. The van der Waals surface area contributed by atoms with E-state index < -0.39 is 0 Å². The molecule has 2 N–H and O–H groups in total. The molecule has 4 heteroatoms. The summed E-state index contributed by atoms with van der Waals surface area (Å²) in [5, 5.41) is 0. The molecule has 0 fully saturated rings. The van der Waals surface area contributed by atoms with Crippen molar-refractivity contribution in [3.05, 3.63) is 63.0 Å². The maximum absolute atomic E-state index is 6.04. The summed E-state index contributed by atoms with van der Waals surface area (Å²) in [7, 11) is 0. The summed E-state index contributed by atoms with van der Waals surface area (Å²) in [4.78, 5) is 0. The minimum atomic E-state index is -0.164. The zero-order valence-electron chi connectivity index (χ0n) is 10.5. The minimum Gasteiger partial charge on any atom is -0.484 e. The third kappa shape index (κ3) is 4.06. The average molecular weight is 385 g/mol. The second-order valence-corrected chi connectivity index (χ2v) is 6.24. The Balaban J connectivity index is 2.23.